The van der Waals surface area contributed by atoms with Crippen molar-refractivity contribution in [2.24, 2.45) is 0 Å². The predicted octanol–water partition coefficient (Wildman–Crippen LogP) is 4.55. The van der Waals surface area contributed by atoms with Crippen LogP contribution < -0.4 is 9.47 Å². The molecule has 0 radical (unpaired) electrons. The Kier molecular flexibility index (Phi) is 4.23. The Morgan fingerprint density at radius 1 is 0.548 bits per heavy atom. The Morgan fingerprint density at radius 3 is 1.55 bits per heavy atom. The molecule has 0 fully saturated rings. The van der Waals surface area contributed by atoms with Gasteiger partial charge in [-0.3, -0.25) is 0 Å². The maximum atomic E-state index is 11.7. The molecule has 0 unspecified atom stereocenters. The highest BCUT2D eigenvalue weighted by molar-refractivity contribution is 6.32. The first-order valence-electron chi connectivity index (χ1n) is 8.85. The van der Waals surface area contributed by atoms with Gasteiger partial charge in [0.1, 0.15) is 23.0 Å². The normalized spacial score (nSPS) is 14.1. The number of carbonyl (C=O) groups is 4. The van der Waals surface area contributed by atoms with Crippen LogP contribution in [0.4, 0.5) is 0 Å². The second kappa shape index (κ2) is 6.96. The van der Waals surface area contributed by atoms with Crippen LogP contribution in [0.1, 0.15) is 41.4 Å². The van der Waals surface area contributed by atoms with Crippen molar-refractivity contribution in [3.63, 3.8) is 0 Å². The van der Waals surface area contributed by atoms with Gasteiger partial charge in [-0.25, -0.2) is 19.2 Å². The fourth-order valence-corrected chi connectivity index (χ4v) is 3.36. The summed E-state index contributed by atoms with van der Waals surface area (Å²) < 4.78 is 20.5. The summed E-state index contributed by atoms with van der Waals surface area (Å²) in [6.45, 7) is 0. The molecule has 0 N–H and O–H groups in total. The highest BCUT2D eigenvalue weighted by Gasteiger charge is 2.31. The highest BCUT2D eigenvalue weighted by Crippen LogP contribution is 2.36. The Bertz CT molecular complexity index is 1330. The molecule has 0 saturated carbocycles. The number of carbonyl (C=O) groups excluding carboxylic acids is 4. The van der Waals surface area contributed by atoms with Gasteiger partial charge in [-0.05, 0) is 48.5 Å². The van der Waals surface area contributed by atoms with Crippen molar-refractivity contribution < 1.29 is 38.1 Å². The number of halogens is 1. The molecule has 0 atom stereocenters. The zero-order valence-electron chi connectivity index (χ0n) is 15.3. The first-order chi connectivity index (χ1) is 14.9. The van der Waals surface area contributed by atoms with Gasteiger partial charge in [0.05, 0.1) is 27.3 Å². The van der Waals surface area contributed by atoms with E-state index in [9.17, 15) is 19.2 Å². The fourth-order valence-electron chi connectivity index (χ4n) is 3.15. The largest absolute Gasteiger partial charge is 0.457 e. The molecule has 5 rings (SSSR count). The summed E-state index contributed by atoms with van der Waals surface area (Å²) >= 11 is 6.28. The molecular weight excluding hydrogens is 428 g/mol. The minimum Gasteiger partial charge on any atom is -0.457 e. The molecule has 3 aromatic carbocycles. The van der Waals surface area contributed by atoms with Gasteiger partial charge in [0.25, 0.3) is 0 Å². The summed E-state index contributed by atoms with van der Waals surface area (Å²) in [7, 11) is 0. The van der Waals surface area contributed by atoms with Gasteiger partial charge in [-0.2, -0.15) is 0 Å². The second-order valence-electron chi connectivity index (χ2n) is 6.57. The SMILES string of the molecule is O=C1OC(=O)c2cc(Oc3ccc(Oc4ccc5c(c4)C(=O)OC5=O)c(Cl)c3)ccc21. The minimum absolute atomic E-state index is 0.118. The van der Waals surface area contributed by atoms with E-state index >= 15 is 0 Å². The lowest BCUT2D eigenvalue weighted by Crippen LogP contribution is -1.97. The molecule has 0 aromatic heterocycles. The molecule has 0 bridgehead atoms. The van der Waals surface area contributed by atoms with Crippen molar-refractivity contribution in [2.45, 2.75) is 0 Å². The molecule has 0 amide bonds. The van der Waals surface area contributed by atoms with Crippen molar-refractivity contribution in [2.75, 3.05) is 0 Å². The van der Waals surface area contributed by atoms with Crippen molar-refractivity contribution >= 4 is 35.5 Å². The summed E-state index contributed by atoms with van der Waals surface area (Å²) in [5, 5.41) is 0.215. The Balaban J connectivity index is 1.35. The van der Waals surface area contributed by atoms with Crippen LogP contribution >= 0.6 is 11.6 Å². The average molecular weight is 437 g/mol. The Morgan fingerprint density at radius 2 is 1.00 bits per heavy atom. The van der Waals surface area contributed by atoms with Gasteiger partial charge in [0.2, 0.25) is 0 Å². The molecule has 0 aliphatic carbocycles. The van der Waals surface area contributed by atoms with E-state index in [1.807, 2.05) is 0 Å². The van der Waals surface area contributed by atoms with Crippen LogP contribution in [0.5, 0.6) is 23.0 Å². The van der Waals surface area contributed by atoms with Crippen LogP contribution in [0.25, 0.3) is 0 Å². The zero-order valence-corrected chi connectivity index (χ0v) is 16.1. The van der Waals surface area contributed by atoms with Crippen LogP contribution in [0.15, 0.2) is 54.6 Å². The van der Waals surface area contributed by atoms with Crippen LogP contribution in [0, 0.1) is 0 Å². The quantitative estimate of drug-likeness (QED) is 0.433. The van der Waals surface area contributed by atoms with Gasteiger partial charge in [0, 0.05) is 6.07 Å². The first-order valence-corrected chi connectivity index (χ1v) is 9.23. The van der Waals surface area contributed by atoms with Crippen molar-refractivity contribution in [1.82, 2.24) is 0 Å². The third-order valence-corrected chi connectivity index (χ3v) is 4.89. The van der Waals surface area contributed by atoms with Gasteiger partial charge >= 0.3 is 23.9 Å². The molecule has 152 valence electrons. The van der Waals surface area contributed by atoms with E-state index in [0.717, 1.165) is 0 Å². The predicted molar refractivity (Wildman–Crippen MR) is 104 cm³/mol. The molecule has 9 heteroatoms. The molecule has 0 saturated heterocycles. The second-order valence-corrected chi connectivity index (χ2v) is 6.97. The van der Waals surface area contributed by atoms with E-state index in [1.165, 1.54) is 42.5 Å². The number of benzene rings is 3. The van der Waals surface area contributed by atoms with Gasteiger partial charge < -0.3 is 18.9 Å². The maximum absolute atomic E-state index is 11.7. The monoisotopic (exact) mass is 436 g/mol. The third kappa shape index (κ3) is 3.28. The smallest absolute Gasteiger partial charge is 0.347 e. The first kappa shape index (κ1) is 18.8. The van der Waals surface area contributed by atoms with Crippen LogP contribution in [-0.4, -0.2) is 23.9 Å². The van der Waals surface area contributed by atoms with E-state index < -0.39 is 23.9 Å². The van der Waals surface area contributed by atoms with E-state index in [-0.39, 0.29) is 33.0 Å². The molecule has 2 aliphatic heterocycles. The van der Waals surface area contributed by atoms with Crippen LogP contribution in [0.2, 0.25) is 5.02 Å². The molecule has 31 heavy (non-hydrogen) atoms. The lowest BCUT2D eigenvalue weighted by Gasteiger charge is -2.11. The number of ether oxygens (including phenoxy) is 4. The number of fused-ring (bicyclic) bond motifs is 2. The number of hydrogen-bond donors (Lipinski definition) is 0. The van der Waals surface area contributed by atoms with Gasteiger partial charge in [-0.1, -0.05) is 11.6 Å². The van der Waals surface area contributed by atoms with E-state index in [0.29, 0.717) is 17.2 Å². The summed E-state index contributed by atoms with van der Waals surface area (Å²) in [5.41, 5.74) is 0.598. The van der Waals surface area contributed by atoms with Crippen molar-refractivity contribution in [3.8, 4) is 23.0 Å². The van der Waals surface area contributed by atoms with Crippen LogP contribution in [-0.2, 0) is 9.47 Å². The minimum atomic E-state index is -0.736. The molecule has 3 aromatic rings. The summed E-state index contributed by atoms with van der Waals surface area (Å²) in [4.78, 5) is 46.4. The topological polar surface area (TPSA) is 105 Å². The maximum Gasteiger partial charge on any atom is 0.347 e. The molecule has 8 nitrogen and oxygen atoms in total. The van der Waals surface area contributed by atoms with Gasteiger partial charge in [-0.15, -0.1) is 0 Å². The standard InChI is InChI=1S/C22H9ClO8/c23-17-9-12(28-10-1-4-13-15(7-10)21(26)30-19(13)24)3-6-18(17)29-11-2-5-14-16(8-11)22(27)31-20(14)25/h1-9H. The lowest BCUT2D eigenvalue weighted by molar-refractivity contribution is 0.0425. The Hall–Kier alpha value is -4.17. The molecule has 2 heterocycles. The lowest BCUT2D eigenvalue weighted by atomic mass is 10.1. The number of hydrogen-bond acceptors (Lipinski definition) is 8. The number of esters is 4. The molecule has 0 spiro atoms. The van der Waals surface area contributed by atoms with Gasteiger partial charge in [0.15, 0.2) is 0 Å². The summed E-state index contributed by atoms with van der Waals surface area (Å²) in [5.74, 6) is -1.60. The zero-order chi connectivity index (χ0) is 21.7. The fraction of sp³-hybridized carbons (Fsp3) is 0. The van der Waals surface area contributed by atoms with E-state index in [2.05, 4.69) is 9.47 Å². The van der Waals surface area contributed by atoms with Crippen molar-refractivity contribution in [3.05, 3.63) is 81.9 Å². The van der Waals surface area contributed by atoms with Crippen molar-refractivity contribution in [1.29, 1.82) is 0 Å². The van der Waals surface area contributed by atoms with E-state index in [1.54, 1.807) is 12.1 Å². The summed E-state index contributed by atoms with van der Waals surface area (Å²) in [6.07, 6.45) is 0. The number of rotatable bonds is 4. The van der Waals surface area contributed by atoms with E-state index in [4.69, 9.17) is 21.1 Å². The Labute approximate surface area is 178 Å². The molecular formula is C22H9ClO8. The third-order valence-electron chi connectivity index (χ3n) is 4.60. The average Bonchev–Trinajstić information content (AvgIpc) is 3.18. The highest BCUT2D eigenvalue weighted by atomic mass is 35.5. The molecule has 2 aliphatic rings. The number of cyclic esters (lactones) is 4. The van der Waals surface area contributed by atoms with Crippen LogP contribution in [0.3, 0.4) is 0 Å². The summed E-state index contributed by atoms with van der Waals surface area (Å²) in [6, 6.07) is 13.4.